The molecule has 0 aromatic heterocycles. The van der Waals surface area contributed by atoms with Crippen molar-refractivity contribution in [3.63, 3.8) is 0 Å². The standard InChI is InChI=1S/C40H49NO15/c1-16-23(43)10-11-27(51-16)55-39-18(3)53-29(13-24(39)44)56-38-17(2)52-28(12-22(38)41-5)54-26-15-40(49,19(4)42)14-21-31(26)37(48)33-32(35(21)46)34(45)20-8-7-9-25(50-6)30(20)36(33)47/h7-9,16-18,22,24,26-29,38-39,41,44,46,48-49H,10-15H2,1-6H3. The Morgan fingerprint density at radius 2 is 1.54 bits per heavy atom. The lowest BCUT2D eigenvalue weighted by Crippen LogP contribution is -2.58. The van der Waals surface area contributed by atoms with Crippen LogP contribution in [0.1, 0.15) is 109 Å². The Kier molecular flexibility index (Phi) is 11.2. The number of aliphatic hydroxyl groups is 2. The first-order valence-corrected chi connectivity index (χ1v) is 19.0. The number of benzene rings is 2. The molecule has 12 atom stereocenters. The van der Waals surface area contributed by atoms with E-state index in [2.05, 4.69) is 5.32 Å². The van der Waals surface area contributed by atoms with Gasteiger partial charge in [0.25, 0.3) is 0 Å². The van der Waals surface area contributed by atoms with Crippen LogP contribution in [0.15, 0.2) is 18.2 Å². The van der Waals surface area contributed by atoms with E-state index < -0.39 is 120 Å². The van der Waals surface area contributed by atoms with Crippen molar-refractivity contribution in [1.82, 2.24) is 5.32 Å². The third-order valence-corrected chi connectivity index (χ3v) is 11.8. The number of aromatic hydroxyl groups is 2. The number of Topliss-reactive ketones (excluding diaryl/α,β-unsaturated/α-hetero) is 2. The van der Waals surface area contributed by atoms with E-state index in [4.69, 9.17) is 33.2 Å². The van der Waals surface area contributed by atoms with Gasteiger partial charge in [0.1, 0.15) is 41.2 Å². The molecule has 0 radical (unpaired) electrons. The second-order valence-electron chi connectivity index (χ2n) is 15.4. The molecule has 7 rings (SSSR count). The number of ketones is 4. The fraction of sp³-hybridized carbons (Fsp3) is 0.600. The summed E-state index contributed by atoms with van der Waals surface area (Å²) in [5.74, 6) is -3.25. The number of hydrogen-bond donors (Lipinski definition) is 5. The second-order valence-corrected chi connectivity index (χ2v) is 15.4. The summed E-state index contributed by atoms with van der Waals surface area (Å²) in [5, 5.41) is 49.4. The number of ether oxygens (including phenoxy) is 7. The maximum atomic E-state index is 14.0. The summed E-state index contributed by atoms with van der Waals surface area (Å²) in [6, 6.07) is 4.04. The van der Waals surface area contributed by atoms with Gasteiger partial charge >= 0.3 is 0 Å². The van der Waals surface area contributed by atoms with Crippen molar-refractivity contribution in [3.8, 4) is 17.2 Å². The Hall–Kier alpha value is -3.84. The lowest BCUT2D eigenvalue weighted by atomic mass is 9.72. The van der Waals surface area contributed by atoms with Crippen LogP contribution in [0.4, 0.5) is 0 Å². The van der Waals surface area contributed by atoms with Crippen molar-refractivity contribution < 1.29 is 72.8 Å². The number of hydrogen-bond acceptors (Lipinski definition) is 16. The predicted octanol–water partition coefficient (Wildman–Crippen LogP) is 2.29. The Labute approximate surface area is 323 Å². The molecule has 3 aliphatic heterocycles. The van der Waals surface area contributed by atoms with Gasteiger partial charge < -0.3 is 58.9 Å². The van der Waals surface area contributed by atoms with Gasteiger partial charge in [0.2, 0.25) is 5.78 Å². The van der Waals surface area contributed by atoms with E-state index in [0.717, 1.165) is 0 Å². The van der Waals surface area contributed by atoms with Crippen molar-refractivity contribution in [3.05, 3.63) is 51.6 Å². The lowest BCUT2D eigenvalue weighted by Gasteiger charge is -2.46. The van der Waals surface area contributed by atoms with Crippen LogP contribution in [-0.2, 0) is 44.4 Å². The highest BCUT2D eigenvalue weighted by atomic mass is 16.7. The van der Waals surface area contributed by atoms with Gasteiger partial charge in [0.05, 0.1) is 48.2 Å². The molecule has 3 heterocycles. The van der Waals surface area contributed by atoms with Crippen LogP contribution in [-0.4, -0.2) is 125 Å². The molecule has 3 saturated heterocycles. The highest BCUT2D eigenvalue weighted by Gasteiger charge is 2.50. The molecule has 0 spiro atoms. The largest absolute Gasteiger partial charge is 0.507 e. The molecule has 0 saturated carbocycles. The number of aliphatic hydroxyl groups excluding tert-OH is 1. The molecule has 304 valence electrons. The average Bonchev–Trinajstić information content (AvgIpc) is 3.15. The molecule has 16 heteroatoms. The molecular formula is C40H49NO15. The van der Waals surface area contributed by atoms with Gasteiger partial charge in [0.15, 0.2) is 36.2 Å². The molecule has 2 aliphatic carbocycles. The molecular weight excluding hydrogens is 734 g/mol. The van der Waals surface area contributed by atoms with E-state index in [-0.39, 0.29) is 53.0 Å². The Morgan fingerprint density at radius 3 is 2.18 bits per heavy atom. The summed E-state index contributed by atoms with van der Waals surface area (Å²) >= 11 is 0. The zero-order valence-electron chi connectivity index (χ0n) is 32.1. The van der Waals surface area contributed by atoms with Crippen LogP contribution in [0.5, 0.6) is 17.2 Å². The van der Waals surface area contributed by atoms with E-state index in [1.807, 2.05) is 0 Å². The van der Waals surface area contributed by atoms with Crippen LogP contribution >= 0.6 is 0 Å². The van der Waals surface area contributed by atoms with Gasteiger partial charge in [-0.25, -0.2) is 0 Å². The topological polar surface area (TPSA) is 226 Å². The van der Waals surface area contributed by atoms with Crippen LogP contribution in [0.3, 0.4) is 0 Å². The normalized spacial score (nSPS) is 35.7. The zero-order valence-corrected chi connectivity index (χ0v) is 32.1. The summed E-state index contributed by atoms with van der Waals surface area (Å²) in [4.78, 5) is 52.5. The third kappa shape index (κ3) is 7.05. The molecule has 16 nitrogen and oxygen atoms in total. The van der Waals surface area contributed by atoms with Gasteiger partial charge in [-0.1, -0.05) is 12.1 Å². The Bertz CT molecular complexity index is 1900. The minimum absolute atomic E-state index is 0.00139. The molecule has 2 aromatic carbocycles. The number of fused-ring (bicyclic) bond motifs is 3. The number of nitrogens with one attached hydrogen (secondary N) is 1. The first-order chi connectivity index (χ1) is 26.6. The van der Waals surface area contributed by atoms with E-state index in [9.17, 15) is 39.6 Å². The van der Waals surface area contributed by atoms with Crippen molar-refractivity contribution >= 4 is 23.1 Å². The number of phenols is 2. The van der Waals surface area contributed by atoms with Crippen LogP contribution in [0, 0.1) is 0 Å². The third-order valence-electron chi connectivity index (χ3n) is 11.8. The predicted molar refractivity (Wildman–Crippen MR) is 192 cm³/mol. The monoisotopic (exact) mass is 783 g/mol. The molecule has 56 heavy (non-hydrogen) atoms. The molecule has 3 fully saturated rings. The molecule has 2 aromatic rings. The van der Waals surface area contributed by atoms with Crippen LogP contribution in [0.2, 0.25) is 0 Å². The number of phenolic OH excluding ortho intramolecular Hbond substituents is 2. The maximum absolute atomic E-state index is 14.0. The number of methoxy groups -OCH3 is 1. The maximum Gasteiger partial charge on any atom is 0.202 e. The van der Waals surface area contributed by atoms with E-state index in [1.54, 1.807) is 27.8 Å². The summed E-state index contributed by atoms with van der Waals surface area (Å²) < 4.78 is 42.3. The number of carbonyl (C=O) groups is 4. The van der Waals surface area contributed by atoms with Crippen molar-refractivity contribution in [2.24, 2.45) is 0 Å². The number of carbonyl (C=O) groups excluding carboxylic acids is 4. The van der Waals surface area contributed by atoms with E-state index in [1.165, 1.54) is 32.2 Å². The SMILES string of the molecule is CNC1CC(OC2CC(O)(C(C)=O)Cc3c(O)c4c(c(O)c32)C(=O)c2c(OC)cccc2C4=O)OC(C)C1OC1CC(O)C(OC2CCC(=O)C(C)O2)C(C)O1. The Balaban J connectivity index is 1.10. The highest BCUT2D eigenvalue weighted by molar-refractivity contribution is 6.31. The summed E-state index contributed by atoms with van der Waals surface area (Å²) in [6.07, 6.45) is -7.68. The van der Waals surface area contributed by atoms with Crippen LogP contribution < -0.4 is 10.1 Å². The quantitative estimate of drug-likeness (QED) is 0.196. The molecule has 0 amide bonds. The minimum atomic E-state index is -2.05. The van der Waals surface area contributed by atoms with Crippen molar-refractivity contribution in [2.45, 2.75) is 139 Å². The Morgan fingerprint density at radius 1 is 0.875 bits per heavy atom. The minimum Gasteiger partial charge on any atom is -0.507 e. The van der Waals surface area contributed by atoms with Gasteiger partial charge in [-0.2, -0.15) is 0 Å². The number of likely N-dealkylation sites (N-methyl/N-ethyl adjacent to an activating group) is 1. The van der Waals surface area contributed by atoms with Crippen molar-refractivity contribution in [1.29, 1.82) is 0 Å². The van der Waals surface area contributed by atoms with Crippen LogP contribution in [0.25, 0.3) is 0 Å². The first kappa shape index (κ1) is 40.4. The van der Waals surface area contributed by atoms with Gasteiger partial charge in [-0.3, -0.25) is 19.2 Å². The number of rotatable bonds is 9. The average molecular weight is 784 g/mol. The second kappa shape index (κ2) is 15.5. The summed E-state index contributed by atoms with van der Waals surface area (Å²) in [7, 11) is 3.07. The smallest absolute Gasteiger partial charge is 0.202 e. The summed E-state index contributed by atoms with van der Waals surface area (Å²) in [5.41, 5.74) is -3.16. The fourth-order valence-electron chi connectivity index (χ4n) is 8.69. The highest BCUT2D eigenvalue weighted by Crippen LogP contribution is 2.52. The molecule has 12 unspecified atom stereocenters. The molecule has 5 aliphatic rings. The first-order valence-electron chi connectivity index (χ1n) is 19.0. The molecule has 5 N–H and O–H groups in total. The summed E-state index contributed by atoms with van der Waals surface area (Å²) in [6.45, 7) is 6.38. The van der Waals surface area contributed by atoms with E-state index >= 15 is 0 Å². The lowest BCUT2D eigenvalue weighted by molar-refractivity contribution is -0.320. The van der Waals surface area contributed by atoms with E-state index in [0.29, 0.717) is 12.8 Å². The molecule has 0 bridgehead atoms. The van der Waals surface area contributed by atoms with Gasteiger partial charge in [-0.15, -0.1) is 0 Å². The van der Waals surface area contributed by atoms with Crippen molar-refractivity contribution in [2.75, 3.05) is 14.2 Å². The van der Waals surface area contributed by atoms with Gasteiger partial charge in [0, 0.05) is 61.3 Å². The zero-order chi connectivity index (χ0) is 40.4. The fourth-order valence-corrected chi connectivity index (χ4v) is 8.69. The van der Waals surface area contributed by atoms with Gasteiger partial charge in [-0.05, 0) is 40.8 Å².